The van der Waals surface area contributed by atoms with Crippen molar-refractivity contribution in [2.24, 2.45) is 0 Å². The molecule has 3 rings (SSSR count). The van der Waals surface area contributed by atoms with E-state index in [2.05, 4.69) is 39.9 Å². The fourth-order valence-electron chi connectivity index (χ4n) is 3.33. The monoisotopic (exact) mass is 373 g/mol. The van der Waals surface area contributed by atoms with E-state index < -0.39 is 0 Å². The molecule has 2 atom stereocenters. The zero-order chi connectivity index (χ0) is 18.4. The van der Waals surface area contributed by atoms with Gasteiger partial charge in [-0.25, -0.2) is 4.68 Å². The minimum Gasteiger partial charge on any atom is -0.355 e. The highest BCUT2D eigenvalue weighted by atomic mass is 32.2. The molecule has 0 saturated heterocycles. The number of nitrogens with zero attached hydrogens (tertiary/aromatic N) is 4. The summed E-state index contributed by atoms with van der Waals surface area (Å²) in [5.41, 5.74) is 1.23. The Kier molecular flexibility index (Phi) is 6.66. The molecule has 1 heterocycles. The van der Waals surface area contributed by atoms with E-state index in [0.29, 0.717) is 12.6 Å². The molecule has 1 amide bonds. The molecule has 0 radical (unpaired) electrons. The van der Waals surface area contributed by atoms with Crippen LogP contribution >= 0.6 is 11.8 Å². The van der Waals surface area contributed by atoms with Crippen molar-refractivity contribution >= 4 is 17.7 Å². The average Bonchev–Trinajstić information content (AvgIpc) is 3.15. The van der Waals surface area contributed by atoms with E-state index >= 15 is 0 Å². The first kappa shape index (κ1) is 18.9. The fourth-order valence-corrected chi connectivity index (χ4v) is 4.21. The molecule has 1 aromatic heterocycles. The first-order valence-corrected chi connectivity index (χ1v) is 10.3. The smallest absolute Gasteiger partial charge is 0.233 e. The number of tetrazole rings is 1. The Labute approximate surface area is 159 Å². The SMILES string of the molecule is CC(Sc1nnnn1C1CCCCC1)C(=O)NCC(C)c1ccccc1. The molecule has 1 saturated carbocycles. The third-order valence-electron chi connectivity index (χ3n) is 4.99. The van der Waals surface area contributed by atoms with Crippen molar-refractivity contribution in [1.82, 2.24) is 25.5 Å². The van der Waals surface area contributed by atoms with Crippen LogP contribution in [-0.4, -0.2) is 37.9 Å². The van der Waals surface area contributed by atoms with Crippen LogP contribution in [0, 0.1) is 0 Å². The van der Waals surface area contributed by atoms with Gasteiger partial charge in [-0.05, 0) is 41.7 Å². The van der Waals surface area contributed by atoms with Crippen molar-refractivity contribution in [3.8, 4) is 0 Å². The number of benzene rings is 1. The van der Waals surface area contributed by atoms with E-state index in [1.807, 2.05) is 29.8 Å². The van der Waals surface area contributed by atoms with Crippen LogP contribution in [0.3, 0.4) is 0 Å². The highest BCUT2D eigenvalue weighted by molar-refractivity contribution is 8.00. The average molecular weight is 374 g/mol. The van der Waals surface area contributed by atoms with E-state index in [1.165, 1.54) is 36.6 Å². The van der Waals surface area contributed by atoms with Gasteiger partial charge in [0.2, 0.25) is 11.1 Å². The lowest BCUT2D eigenvalue weighted by Crippen LogP contribution is -2.33. The molecule has 1 N–H and O–H groups in total. The Bertz CT molecular complexity index is 699. The van der Waals surface area contributed by atoms with Gasteiger partial charge in [0.25, 0.3) is 0 Å². The summed E-state index contributed by atoms with van der Waals surface area (Å²) >= 11 is 1.44. The lowest BCUT2D eigenvalue weighted by molar-refractivity contribution is -0.120. The molecular formula is C19H27N5OS. The molecule has 6 nitrogen and oxygen atoms in total. The van der Waals surface area contributed by atoms with Crippen LogP contribution in [0.4, 0.5) is 0 Å². The van der Waals surface area contributed by atoms with Crippen molar-refractivity contribution in [2.75, 3.05) is 6.54 Å². The minimum absolute atomic E-state index is 0.0241. The predicted octanol–water partition coefficient (Wildman–Crippen LogP) is 3.58. The first-order valence-electron chi connectivity index (χ1n) is 9.42. The number of rotatable bonds is 7. The summed E-state index contributed by atoms with van der Waals surface area (Å²) in [6.07, 6.45) is 5.98. The number of aromatic nitrogens is 4. The molecule has 0 aliphatic heterocycles. The summed E-state index contributed by atoms with van der Waals surface area (Å²) in [7, 11) is 0. The molecule has 1 aromatic carbocycles. The third-order valence-corrected chi connectivity index (χ3v) is 6.03. The first-order chi connectivity index (χ1) is 12.6. The van der Waals surface area contributed by atoms with Crippen LogP contribution in [0.1, 0.15) is 63.5 Å². The highest BCUT2D eigenvalue weighted by Crippen LogP contribution is 2.31. The van der Waals surface area contributed by atoms with Crippen LogP contribution in [0.15, 0.2) is 35.5 Å². The Hall–Kier alpha value is -1.89. The molecule has 0 spiro atoms. The van der Waals surface area contributed by atoms with Crippen LogP contribution in [-0.2, 0) is 4.79 Å². The Morgan fingerprint density at radius 2 is 1.96 bits per heavy atom. The van der Waals surface area contributed by atoms with Gasteiger partial charge in [0, 0.05) is 6.54 Å². The van der Waals surface area contributed by atoms with Crippen LogP contribution < -0.4 is 5.32 Å². The second kappa shape index (κ2) is 9.16. The van der Waals surface area contributed by atoms with E-state index in [-0.39, 0.29) is 17.1 Å². The number of thioether (sulfide) groups is 1. The molecular weight excluding hydrogens is 346 g/mol. The van der Waals surface area contributed by atoms with Crippen LogP contribution in [0.5, 0.6) is 0 Å². The lowest BCUT2D eigenvalue weighted by Gasteiger charge is -2.22. The minimum atomic E-state index is -0.230. The molecule has 0 bridgehead atoms. The topological polar surface area (TPSA) is 72.7 Å². The maximum Gasteiger partial charge on any atom is 0.233 e. The van der Waals surface area contributed by atoms with Gasteiger partial charge >= 0.3 is 0 Å². The molecule has 140 valence electrons. The van der Waals surface area contributed by atoms with Crippen LogP contribution in [0.2, 0.25) is 0 Å². The number of hydrogen-bond acceptors (Lipinski definition) is 5. The van der Waals surface area contributed by atoms with E-state index in [0.717, 1.165) is 18.0 Å². The second-order valence-corrected chi connectivity index (χ2v) is 8.32. The summed E-state index contributed by atoms with van der Waals surface area (Å²) < 4.78 is 1.92. The van der Waals surface area contributed by atoms with Crippen molar-refractivity contribution in [1.29, 1.82) is 0 Å². The Morgan fingerprint density at radius 1 is 1.23 bits per heavy atom. The van der Waals surface area contributed by atoms with Crippen molar-refractivity contribution < 1.29 is 4.79 Å². The molecule has 26 heavy (non-hydrogen) atoms. The highest BCUT2D eigenvalue weighted by Gasteiger charge is 2.24. The van der Waals surface area contributed by atoms with Crippen molar-refractivity contribution in [3.05, 3.63) is 35.9 Å². The fraction of sp³-hybridized carbons (Fsp3) is 0.579. The number of hydrogen-bond donors (Lipinski definition) is 1. The zero-order valence-corrected chi connectivity index (χ0v) is 16.3. The van der Waals surface area contributed by atoms with Gasteiger partial charge in [-0.1, -0.05) is 68.3 Å². The number of carbonyl (C=O) groups excluding carboxylic acids is 1. The normalized spacial score (nSPS) is 17.6. The number of amides is 1. The summed E-state index contributed by atoms with van der Waals surface area (Å²) in [6.45, 7) is 4.66. The summed E-state index contributed by atoms with van der Waals surface area (Å²) in [5, 5.41) is 15.7. The maximum atomic E-state index is 12.5. The number of carbonyl (C=O) groups is 1. The lowest BCUT2D eigenvalue weighted by atomic mass is 9.96. The van der Waals surface area contributed by atoms with Gasteiger partial charge < -0.3 is 5.32 Å². The van der Waals surface area contributed by atoms with Gasteiger partial charge in [-0.3, -0.25) is 4.79 Å². The Morgan fingerprint density at radius 3 is 2.69 bits per heavy atom. The van der Waals surface area contributed by atoms with Gasteiger partial charge in [0.05, 0.1) is 11.3 Å². The maximum absolute atomic E-state index is 12.5. The van der Waals surface area contributed by atoms with Gasteiger partial charge in [0.1, 0.15) is 0 Å². The number of nitrogens with one attached hydrogen (secondary N) is 1. The van der Waals surface area contributed by atoms with Crippen molar-refractivity contribution in [3.63, 3.8) is 0 Å². The van der Waals surface area contributed by atoms with E-state index in [9.17, 15) is 4.79 Å². The zero-order valence-electron chi connectivity index (χ0n) is 15.5. The molecule has 7 heteroatoms. The quantitative estimate of drug-likeness (QED) is 0.751. The second-order valence-electron chi connectivity index (χ2n) is 7.01. The largest absolute Gasteiger partial charge is 0.355 e. The van der Waals surface area contributed by atoms with Crippen LogP contribution in [0.25, 0.3) is 0 Å². The van der Waals surface area contributed by atoms with E-state index in [4.69, 9.17) is 0 Å². The third kappa shape index (κ3) is 4.84. The Balaban J connectivity index is 1.52. The van der Waals surface area contributed by atoms with Gasteiger partial charge in [0.15, 0.2) is 0 Å². The molecule has 2 unspecified atom stereocenters. The predicted molar refractivity (Wildman–Crippen MR) is 103 cm³/mol. The summed E-state index contributed by atoms with van der Waals surface area (Å²) in [5.74, 6) is 0.306. The molecule has 1 aliphatic rings. The van der Waals surface area contributed by atoms with Gasteiger partial charge in [-0.2, -0.15) is 0 Å². The summed E-state index contributed by atoms with van der Waals surface area (Å²) in [4.78, 5) is 12.5. The van der Waals surface area contributed by atoms with Crippen molar-refractivity contribution in [2.45, 2.75) is 68.3 Å². The van der Waals surface area contributed by atoms with E-state index in [1.54, 1.807) is 0 Å². The molecule has 1 aliphatic carbocycles. The standard InChI is InChI=1S/C19H27N5OS/c1-14(16-9-5-3-6-10-16)13-20-18(25)15(2)26-19-21-22-23-24(19)17-11-7-4-8-12-17/h3,5-6,9-10,14-15,17H,4,7-8,11-13H2,1-2H3,(H,20,25). The molecule has 1 fully saturated rings. The summed E-state index contributed by atoms with van der Waals surface area (Å²) in [6, 6.07) is 10.6. The van der Waals surface area contributed by atoms with Gasteiger partial charge in [-0.15, -0.1) is 5.10 Å². The molecule has 2 aromatic rings.